The van der Waals surface area contributed by atoms with Crippen LogP contribution in [0.1, 0.15) is 17.0 Å². The van der Waals surface area contributed by atoms with Crippen LogP contribution in [0.3, 0.4) is 0 Å². The smallest absolute Gasteiger partial charge is 0.150 e. The van der Waals surface area contributed by atoms with Crippen molar-refractivity contribution in [3.8, 4) is 0 Å². The average molecular weight is 203 g/mol. The van der Waals surface area contributed by atoms with Crippen LogP contribution < -0.4 is 5.32 Å². The Morgan fingerprint density at radius 2 is 2.20 bits per heavy atom. The van der Waals surface area contributed by atoms with Crippen molar-refractivity contribution >= 4 is 0 Å². The number of pyridine rings is 1. The minimum Gasteiger partial charge on any atom is -0.360 e. The zero-order chi connectivity index (χ0) is 10.5. The first kappa shape index (κ1) is 9.86. The van der Waals surface area contributed by atoms with Crippen molar-refractivity contribution in [1.29, 1.82) is 0 Å². The van der Waals surface area contributed by atoms with Crippen LogP contribution in [-0.4, -0.2) is 10.1 Å². The topological polar surface area (TPSA) is 51.0 Å². The summed E-state index contributed by atoms with van der Waals surface area (Å²) in [5.41, 5.74) is 2.20. The molecule has 78 valence electrons. The van der Waals surface area contributed by atoms with E-state index in [0.29, 0.717) is 6.54 Å². The predicted molar refractivity (Wildman–Crippen MR) is 56.0 cm³/mol. The maximum absolute atomic E-state index is 4.96. The number of aromatic nitrogens is 2. The summed E-state index contributed by atoms with van der Waals surface area (Å²) < 4.78 is 4.96. The number of hydrogen-bond acceptors (Lipinski definition) is 4. The molecule has 0 aliphatic carbocycles. The molecule has 0 unspecified atom stereocenters. The van der Waals surface area contributed by atoms with Crippen LogP contribution in [0.4, 0.5) is 0 Å². The van der Waals surface area contributed by atoms with Gasteiger partial charge in [0, 0.05) is 18.8 Å². The van der Waals surface area contributed by atoms with Gasteiger partial charge in [-0.05, 0) is 18.6 Å². The molecule has 15 heavy (non-hydrogen) atoms. The van der Waals surface area contributed by atoms with E-state index in [9.17, 15) is 0 Å². The molecule has 0 atom stereocenters. The molecule has 0 aliphatic heterocycles. The fourth-order valence-electron chi connectivity index (χ4n) is 1.25. The second kappa shape index (κ2) is 4.70. The summed E-state index contributed by atoms with van der Waals surface area (Å²) >= 11 is 0. The highest BCUT2D eigenvalue weighted by atomic mass is 16.5. The molecule has 0 saturated heterocycles. The highest BCUT2D eigenvalue weighted by Crippen LogP contribution is 1.99. The molecule has 0 amide bonds. The molecule has 0 spiro atoms. The van der Waals surface area contributed by atoms with Crippen molar-refractivity contribution in [1.82, 2.24) is 15.5 Å². The second-order valence-electron chi connectivity index (χ2n) is 3.41. The van der Waals surface area contributed by atoms with Crippen LogP contribution in [-0.2, 0) is 13.1 Å². The molecule has 2 heterocycles. The van der Waals surface area contributed by atoms with Crippen molar-refractivity contribution in [3.63, 3.8) is 0 Å². The molecule has 2 aromatic rings. The van der Waals surface area contributed by atoms with E-state index in [1.54, 1.807) is 6.20 Å². The van der Waals surface area contributed by atoms with Gasteiger partial charge in [0.2, 0.25) is 0 Å². The van der Waals surface area contributed by atoms with Gasteiger partial charge < -0.3 is 9.84 Å². The lowest BCUT2D eigenvalue weighted by atomic mass is 10.3. The first-order chi connectivity index (χ1) is 7.34. The van der Waals surface area contributed by atoms with Gasteiger partial charge in [0.15, 0.2) is 0 Å². The van der Waals surface area contributed by atoms with Crippen LogP contribution in [0.15, 0.2) is 35.1 Å². The van der Waals surface area contributed by atoms with Crippen molar-refractivity contribution < 1.29 is 4.52 Å². The SMILES string of the molecule is Cc1ccc(CNCc2ccno2)nc1. The molecule has 1 N–H and O–H groups in total. The van der Waals surface area contributed by atoms with Crippen LogP contribution in [0.2, 0.25) is 0 Å². The minimum atomic E-state index is 0.676. The van der Waals surface area contributed by atoms with Crippen LogP contribution in [0.5, 0.6) is 0 Å². The Labute approximate surface area is 88.3 Å². The van der Waals surface area contributed by atoms with Crippen LogP contribution in [0.25, 0.3) is 0 Å². The normalized spacial score (nSPS) is 10.5. The Hall–Kier alpha value is -1.68. The van der Waals surface area contributed by atoms with Crippen LogP contribution in [0, 0.1) is 6.92 Å². The molecule has 0 radical (unpaired) electrons. The van der Waals surface area contributed by atoms with Crippen LogP contribution >= 0.6 is 0 Å². The zero-order valence-corrected chi connectivity index (χ0v) is 8.60. The average Bonchev–Trinajstić information content (AvgIpc) is 2.74. The Balaban J connectivity index is 1.81. The summed E-state index contributed by atoms with van der Waals surface area (Å²) in [4.78, 5) is 4.29. The summed E-state index contributed by atoms with van der Waals surface area (Å²) in [6, 6.07) is 5.91. The lowest BCUT2D eigenvalue weighted by Gasteiger charge is -2.01. The summed E-state index contributed by atoms with van der Waals surface area (Å²) in [5.74, 6) is 0.835. The first-order valence-corrected chi connectivity index (χ1v) is 4.86. The van der Waals surface area contributed by atoms with Crippen molar-refractivity contribution in [2.45, 2.75) is 20.0 Å². The Morgan fingerprint density at radius 1 is 1.27 bits per heavy atom. The van der Waals surface area contributed by atoms with E-state index >= 15 is 0 Å². The molecule has 2 aromatic heterocycles. The van der Waals surface area contributed by atoms with E-state index in [1.807, 2.05) is 25.3 Å². The Bertz CT molecular complexity index is 394. The minimum absolute atomic E-state index is 0.676. The fourth-order valence-corrected chi connectivity index (χ4v) is 1.25. The monoisotopic (exact) mass is 203 g/mol. The highest BCUT2D eigenvalue weighted by molar-refractivity contribution is 5.12. The third-order valence-corrected chi connectivity index (χ3v) is 2.07. The molecule has 0 fully saturated rings. The quantitative estimate of drug-likeness (QED) is 0.821. The largest absolute Gasteiger partial charge is 0.360 e. The third kappa shape index (κ3) is 2.89. The van der Waals surface area contributed by atoms with Gasteiger partial charge in [-0.3, -0.25) is 4.98 Å². The molecule has 2 rings (SSSR count). The van der Waals surface area contributed by atoms with E-state index in [0.717, 1.165) is 18.0 Å². The van der Waals surface area contributed by atoms with E-state index in [-0.39, 0.29) is 0 Å². The Morgan fingerprint density at radius 3 is 2.87 bits per heavy atom. The van der Waals surface area contributed by atoms with Gasteiger partial charge in [-0.1, -0.05) is 11.2 Å². The molecule has 0 aromatic carbocycles. The lowest BCUT2D eigenvalue weighted by molar-refractivity contribution is 0.372. The molecular formula is C11H13N3O. The number of aryl methyl sites for hydroxylation is 1. The van der Waals surface area contributed by atoms with Crippen molar-refractivity contribution in [3.05, 3.63) is 47.6 Å². The summed E-state index contributed by atoms with van der Waals surface area (Å²) in [6.45, 7) is 3.44. The van der Waals surface area contributed by atoms with E-state index in [4.69, 9.17) is 4.52 Å². The molecule has 4 heteroatoms. The lowest BCUT2D eigenvalue weighted by Crippen LogP contribution is -2.13. The van der Waals surface area contributed by atoms with E-state index < -0.39 is 0 Å². The molecule has 0 bridgehead atoms. The number of nitrogens with one attached hydrogen (secondary N) is 1. The third-order valence-electron chi connectivity index (χ3n) is 2.07. The van der Waals surface area contributed by atoms with Gasteiger partial charge in [-0.25, -0.2) is 0 Å². The predicted octanol–water partition coefficient (Wildman–Crippen LogP) is 1.67. The van der Waals surface area contributed by atoms with E-state index in [1.165, 1.54) is 5.56 Å². The van der Waals surface area contributed by atoms with Gasteiger partial charge in [-0.2, -0.15) is 0 Å². The van der Waals surface area contributed by atoms with Crippen molar-refractivity contribution in [2.24, 2.45) is 0 Å². The van der Waals surface area contributed by atoms with Gasteiger partial charge >= 0.3 is 0 Å². The number of rotatable bonds is 4. The van der Waals surface area contributed by atoms with Crippen molar-refractivity contribution in [2.75, 3.05) is 0 Å². The van der Waals surface area contributed by atoms with Gasteiger partial charge in [0.25, 0.3) is 0 Å². The second-order valence-corrected chi connectivity index (χ2v) is 3.41. The Kier molecular flexibility index (Phi) is 3.09. The maximum Gasteiger partial charge on any atom is 0.150 e. The number of nitrogens with zero attached hydrogens (tertiary/aromatic N) is 2. The van der Waals surface area contributed by atoms with E-state index in [2.05, 4.69) is 21.5 Å². The summed E-state index contributed by atoms with van der Waals surface area (Å²) in [7, 11) is 0. The standard InChI is InChI=1S/C11H13N3O/c1-9-2-3-10(13-6-9)7-12-8-11-4-5-14-15-11/h2-6,12H,7-8H2,1H3. The highest BCUT2D eigenvalue weighted by Gasteiger charge is 1.97. The first-order valence-electron chi connectivity index (χ1n) is 4.86. The molecule has 0 aliphatic rings. The summed E-state index contributed by atoms with van der Waals surface area (Å²) in [6.07, 6.45) is 3.51. The molecule has 4 nitrogen and oxygen atoms in total. The maximum atomic E-state index is 4.96. The van der Waals surface area contributed by atoms with Gasteiger partial charge in [0.1, 0.15) is 5.76 Å². The van der Waals surface area contributed by atoms with Gasteiger partial charge in [-0.15, -0.1) is 0 Å². The molecular weight excluding hydrogens is 190 g/mol. The number of hydrogen-bond donors (Lipinski definition) is 1. The summed E-state index contributed by atoms with van der Waals surface area (Å²) in [5, 5.41) is 6.86. The fraction of sp³-hybridized carbons (Fsp3) is 0.273. The molecule has 0 saturated carbocycles. The van der Waals surface area contributed by atoms with Gasteiger partial charge in [0.05, 0.1) is 18.4 Å². The zero-order valence-electron chi connectivity index (χ0n) is 8.60.